The molecule has 1 aromatic carbocycles. The molecule has 0 atom stereocenters. The topological polar surface area (TPSA) is 139 Å². The van der Waals surface area contributed by atoms with E-state index < -0.39 is 21.4 Å². The molecule has 2 saturated carbocycles. The molecule has 0 saturated heterocycles. The molecule has 0 bridgehead atoms. The Hall–Kier alpha value is -3.24. The number of rotatable bonds is 11. The van der Waals surface area contributed by atoms with Gasteiger partial charge in [-0.2, -0.15) is 0 Å². The van der Waals surface area contributed by atoms with E-state index in [1.54, 1.807) is 7.05 Å². The van der Waals surface area contributed by atoms with E-state index in [0.29, 0.717) is 48.1 Å². The van der Waals surface area contributed by atoms with Gasteiger partial charge in [-0.15, -0.1) is 0 Å². The first-order chi connectivity index (χ1) is 18.1. The van der Waals surface area contributed by atoms with Gasteiger partial charge in [-0.3, -0.25) is 9.59 Å². The van der Waals surface area contributed by atoms with Crippen LogP contribution in [0.4, 0.5) is 0 Å². The molecule has 2 aliphatic carbocycles. The van der Waals surface area contributed by atoms with Crippen LogP contribution in [0.3, 0.4) is 0 Å². The van der Waals surface area contributed by atoms with Gasteiger partial charge in [0.2, 0.25) is 15.7 Å². The van der Waals surface area contributed by atoms with E-state index >= 15 is 0 Å². The number of aliphatic carboxylic acids is 1. The van der Waals surface area contributed by atoms with Crippen molar-refractivity contribution in [3.63, 3.8) is 0 Å². The molecule has 202 valence electrons. The predicted molar refractivity (Wildman–Crippen MR) is 143 cm³/mol. The van der Waals surface area contributed by atoms with Crippen molar-refractivity contribution in [1.29, 1.82) is 0 Å². The van der Waals surface area contributed by atoms with E-state index in [4.69, 9.17) is 4.42 Å². The van der Waals surface area contributed by atoms with Crippen molar-refractivity contribution in [2.75, 3.05) is 13.6 Å². The van der Waals surface area contributed by atoms with E-state index in [1.807, 2.05) is 37.3 Å². The second-order valence-electron chi connectivity index (χ2n) is 10.6. The fourth-order valence-electron chi connectivity index (χ4n) is 5.26. The van der Waals surface area contributed by atoms with Crippen LogP contribution >= 0.6 is 0 Å². The number of hydrogen-bond donors (Lipinski definition) is 3. The average molecular weight is 540 g/mol. The summed E-state index contributed by atoms with van der Waals surface area (Å²) >= 11 is 0. The van der Waals surface area contributed by atoms with Crippen LogP contribution in [0, 0.1) is 12.3 Å². The number of carboxylic acid groups (broad SMARTS) is 1. The number of aromatic nitrogens is 1. The summed E-state index contributed by atoms with van der Waals surface area (Å²) in [7, 11) is -2.16. The normalized spacial score (nSPS) is 16.8. The number of fused-ring (bicyclic) bond motifs is 1. The zero-order valence-corrected chi connectivity index (χ0v) is 22.5. The van der Waals surface area contributed by atoms with Crippen molar-refractivity contribution in [1.82, 2.24) is 15.0 Å². The number of nitrogens with one attached hydrogen (secondary N) is 2. The number of hydrogen-bond acceptors (Lipinski definition) is 6. The Morgan fingerprint density at radius 3 is 2.47 bits per heavy atom. The number of carboxylic acids is 1. The van der Waals surface area contributed by atoms with Crippen molar-refractivity contribution in [3.05, 3.63) is 52.7 Å². The molecule has 5 rings (SSSR count). The molecule has 10 heteroatoms. The van der Waals surface area contributed by atoms with Gasteiger partial charge in [0.05, 0.1) is 22.1 Å². The van der Waals surface area contributed by atoms with Crippen molar-refractivity contribution in [2.24, 2.45) is 5.41 Å². The van der Waals surface area contributed by atoms with Gasteiger partial charge < -0.3 is 14.8 Å². The molecule has 2 heterocycles. The zero-order valence-electron chi connectivity index (χ0n) is 21.7. The van der Waals surface area contributed by atoms with Gasteiger partial charge in [0.1, 0.15) is 11.5 Å². The molecule has 38 heavy (non-hydrogen) atoms. The second-order valence-corrected chi connectivity index (χ2v) is 12.4. The fraction of sp³-hybridized carbons (Fsp3) is 0.464. The number of benzene rings is 1. The third kappa shape index (κ3) is 5.19. The molecule has 3 N–H and O–H groups in total. The Kier molecular flexibility index (Phi) is 7.04. The van der Waals surface area contributed by atoms with Gasteiger partial charge in [0.15, 0.2) is 0 Å². The molecule has 1 amide bonds. The minimum atomic E-state index is -3.72. The van der Waals surface area contributed by atoms with Gasteiger partial charge in [0.25, 0.3) is 5.91 Å². The Bertz CT molecular complexity index is 1490. The molecule has 0 spiro atoms. The van der Waals surface area contributed by atoms with E-state index in [0.717, 1.165) is 36.0 Å². The summed E-state index contributed by atoms with van der Waals surface area (Å²) in [5.41, 5.74) is 2.96. The van der Waals surface area contributed by atoms with Gasteiger partial charge in [-0.1, -0.05) is 36.2 Å². The molecule has 9 nitrogen and oxygen atoms in total. The Morgan fingerprint density at radius 1 is 1.18 bits per heavy atom. The Morgan fingerprint density at radius 2 is 1.89 bits per heavy atom. The molecule has 0 radical (unpaired) electrons. The number of aryl methyl sites for hydroxylation is 1. The van der Waals surface area contributed by atoms with Crippen LogP contribution in [-0.4, -0.2) is 44.0 Å². The lowest BCUT2D eigenvalue weighted by Crippen LogP contribution is -2.38. The number of carbonyl (C=O) groups is 2. The molecular formula is C28H33N3O6S. The molecule has 2 aliphatic rings. The summed E-state index contributed by atoms with van der Waals surface area (Å²) in [5, 5.41) is 12.7. The minimum absolute atomic E-state index is 0.178. The van der Waals surface area contributed by atoms with E-state index in [-0.39, 0.29) is 29.8 Å². The third-order valence-electron chi connectivity index (χ3n) is 7.83. The average Bonchev–Trinajstić information content (AvgIpc) is 3.62. The van der Waals surface area contributed by atoms with Crippen LogP contribution in [0.15, 0.2) is 34.7 Å². The van der Waals surface area contributed by atoms with Crippen LogP contribution in [0.5, 0.6) is 0 Å². The monoisotopic (exact) mass is 539 g/mol. The molecule has 2 fully saturated rings. The molecule has 0 unspecified atom stereocenters. The maximum atomic E-state index is 13.0. The molecule has 2 aromatic heterocycles. The largest absolute Gasteiger partial charge is 0.481 e. The number of nitrogens with zero attached hydrogens (tertiary/aromatic N) is 1. The molecule has 0 aliphatic heterocycles. The maximum Gasteiger partial charge on any atom is 0.309 e. The summed E-state index contributed by atoms with van der Waals surface area (Å²) in [6.07, 6.45) is 4.98. The number of carbonyl (C=O) groups excluding carboxylic acids is 1. The van der Waals surface area contributed by atoms with Crippen molar-refractivity contribution < 1.29 is 27.5 Å². The summed E-state index contributed by atoms with van der Waals surface area (Å²) in [4.78, 5) is 29.1. The fourth-order valence-corrected chi connectivity index (χ4v) is 6.41. The van der Waals surface area contributed by atoms with Gasteiger partial charge in [-0.25, -0.2) is 18.1 Å². The highest BCUT2D eigenvalue weighted by atomic mass is 32.2. The van der Waals surface area contributed by atoms with Crippen molar-refractivity contribution in [3.8, 4) is 11.3 Å². The number of sulfonamides is 1. The van der Waals surface area contributed by atoms with Gasteiger partial charge >= 0.3 is 5.97 Å². The van der Waals surface area contributed by atoms with Crippen molar-refractivity contribution >= 4 is 33.0 Å². The quantitative estimate of drug-likeness (QED) is 0.305. The van der Waals surface area contributed by atoms with Gasteiger partial charge in [-0.05, 0) is 63.0 Å². The highest BCUT2D eigenvalue weighted by molar-refractivity contribution is 7.88. The number of furan rings is 1. The summed E-state index contributed by atoms with van der Waals surface area (Å²) in [6, 6.07) is 9.51. The third-order valence-corrected chi connectivity index (χ3v) is 9.12. The first kappa shape index (κ1) is 26.4. The van der Waals surface area contributed by atoms with Crippen LogP contribution < -0.4 is 10.0 Å². The SMILES string of the molecule is CNC(=O)c1c(-c2ccc(C)cc2)oc2nc(CS(=O)(=O)NCCCC3(C(=O)O)CCC3)c(C3CC3)cc12. The van der Waals surface area contributed by atoms with Crippen LogP contribution in [0.1, 0.15) is 78.0 Å². The highest BCUT2D eigenvalue weighted by Gasteiger charge is 2.43. The van der Waals surface area contributed by atoms with Crippen molar-refractivity contribution in [2.45, 2.75) is 63.5 Å². The van der Waals surface area contributed by atoms with Crippen LogP contribution in [-0.2, 0) is 20.6 Å². The predicted octanol–water partition coefficient (Wildman–Crippen LogP) is 4.49. The molecule has 3 aromatic rings. The maximum absolute atomic E-state index is 13.0. The summed E-state index contributed by atoms with van der Waals surface area (Å²) < 4.78 is 34.7. The standard InChI is InChI=1S/C28H33N3O6S/c1-17-5-7-19(8-6-17)24-23(25(32)29-2)21-15-20(18-9-10-18)22(31-26(21)37-24)16-38(35,36)30-14-4-13-28(27(33)34)11-3-12-28/h5-8,15,18,30H,3-4,9-14,16H2,1-2H3,(H,29,32)(H,33,34). The van der Waals surface area contributed by atoms with E-state index in [1.165, 1.54) is 0 Å². The summed E-state index contributed by atoms with van der Waals surface area (Å²) in [6.45, 7) is 2.15. The lowest BCUT2D eigenvalue weighted by Gasteiger charge is -2.37. The lowest BCUT2D eigenvalue weighted by atomic mass is 9.66. The number of pyridine rings is 1. The first-order valence-corrected chi connectivity index (χ1v) is 14.7. The van der Waals surface area contributed by atoms with E-state index in [2.05, 4.69) is 15.0 Å². The lowest BCUT2D eigenvalue weighted by molar-refractivity contribution is -0.155. The first-order valence-electron chi connectivity index (χ1n) is 13.1. The van der Waals surface area contributed by atoms with Crippen LogP contribution in [0.25, 0.3) is 22.4 Å². The summed E-state index contributed by atoms with van der Waals surface area (Å²) in [5.74, 6) is -0.806. The van der Waals surface area contributed by atoms with Crippen LogP contribution in [0.2, 0.25) is 0 Å². The second kappa shape index (κ2) is 10.1. The zero-order chi connectivity index (χ0) is 27.1. The smallest absolute Gasteiger partial charge is 0.309 e. The van der Waals surface area contributed by atoms with E-state index in [9.17, 15) is 23.1 Å². The number of amides is 1. The minimum Gasteiger partial charge on any atom is -0.481 e. The van der Waals surface area contributed by atoms with Gasteiger partial charge in [0, 0.05) is 19.2 Å². The molecular weight excluding hydrogens is 506 g/mol. The highest BCUT2D eigenvalue weighted by Crippen LogP contribution is 2.45. The Labute approximate surface area is 222 Å². The Balaban J connectivity index is 1.42.